The quantitative estimate of drug-likeness (QED) is 0.789. The molecule has 2 nitrogen and oxygen atoms in total. The van der Waals surface area contributed by atoms with E-state index in [2.05, 4.69) is 12.1 Å². The molecule has 0 aliphatic carbocycles. The minimum absolute atomic E-state index is 0.174. The molecule has 1 atom stereocenters. The molecule has 1 aliphatic heterocycles. The van der Waals surface area contributed by atoms with Gasteiger partial charge in [-0.2, -0.15) is 0 Å². The number of nitrogens with zero attached hydrogens (tertiary/aromatic N) is 1. The smallest absolute Gasteiger partial charge is 0.228 e. The Morgan fingerprint density at radius 1 is 1.44 bits per heavy atom. The summed E-state index contributed by atoms with van der Waals surface area (Å²) in [7, 11) is 0. The summed E-state index contributed by atoms with van der Waals surface area (Å²) in [5, 5.41) is 0. The fraction of sp³-hybridized carbons (Fsp3) is 0.429. The van der Waals surface area contributed by atoms with Crippen molar-refractivity contribution >= 4 is 34.2 Å². The number of carbonyl (C=O) groups is 1. The standard InChI is InChI=1S/C14H17NOS2/c1-2-6-13(16)15-12(10-18-14(15)17)9-11-7-4-3-5-8-11/h3-5,7-8,12H,2,6,9-10H2,1H3/t12-/m0/s1. The van der Waals surface area contributed by atoms with E-state index in [-0.39, 0.29) is 11.9 Å². The zero-order valence-electron chi connectivity index (χ0n) is 10.5. The van der Waals surface area contributed by atoms with Crippen LogP contribution in [0.3, 0.4) is 0 Å². The summed E-state index contributed by atoms with van der Waals surface area (Å²) in [4.78, 5) is 13.9. The lowest BCUT2D eigenvalue weighted by atomic mass is 10.1. The molecule has 0 N–H and O–H groups in total. The molecule has 1 aromatic rings. The third kappa shape index (κ3) is 3.12. The molecule has 1 aromatic carbocycles. The fourth-order valence-electron chi connectivity index (χ4n) is 2.14. The van der Waals surface area contributed by atoms with Crippen LogP contribution in [0.5, 0.6) is 0 Å². The van der Waals surface area contributed by atoms with Crippen LogP contribution < -0.4 is 0 Å². The van der Waals surface area contributed by atoms with E-state index in [0.29, 0.717) is 6.42 Å². The molecule has 1 aliphatic rings. The SMILES string of the molecule is CCCC(=O)N1C(=S)SC[C@@H]1Cc1ccccc1. The van der Waals surface area contributed by atoms with Crippen LogP contribution in [0, 0.1) is 0 Å². The van der Waals surface area contributed by atoms with Crippen LogP contribution in [0.2, 0.25) is 0 Å². The second-order valence-corrected chi connectivity index (χ2v) is 6.09. The molecule has 1 heterocycles. The van der Waals surface area contributed by atoms with Gasteiger partial charge in [-0.3, -0.25) is 9.69 Å². The van der Waals surface area contributed by atoms with Crippen LogP contribution in [0.4, 0.5) is 0 Å². The number of hydrogen-bond donors (Lipinski definition) is 0. The fourth-order valence-corrected chi connectivity index (χ4v) is 3.58. The highest BCUT2D eigenvalue weighted by Crippen LogP contribution is 2.27. The molecule has 0 bridgehead atoms. The van der Waals surface area contributed by atoms with E-state index >= 15 is 0 Å². The van der Waals surface area contributed by atoms with E-state index in [1.54, 1.807) is 11.8 Å². The van der Waals surface area contributed by atoms with Crippen molar-refractivity contribution in [3.63, 3.8) is 0 Å². The van der Waals surface area contributed by atoms with Gasteiger partial charge >= 0.3 is 0 Å². The van der Waals surface area contributed by atoms with E-state index < -0.39 is 0 Å². The molecular weight excluding hydrogens is 262 g/mol. The Morgan fingerprint density at radius 3 is 2.83 bits per heavy atom. The molecule has 0 spiro atoms. The first kappa shape index (κ1) is 13.6. The maximum absolute atomic E-state index is 12.1. The first-order valence-corrected chi connectivity index (χ1v) is 7.64. The van der Waals surface area contributed by atoms with Gasteiger partial charge in [0.1, 0.15) is 4.32 Å². The van der Waals surface area contributed by atoms with Crippen molar-refractivity contribution in [1.29, 1.82) is 0 Å². The maximum atomic E-state index is 12.1. The van der Waals surface area contributed by atoms with Crippen LogP contribution in [0.15, 0.2) is 30.3 Å². The highest BCUT2D eigenvalue weighted by molar-refractivity contribution is 8.23. The predicted molar refractivity (Wildman–Crippen MR) is 80.7 cm³/mol. The third-order valence-corrected chi connectivity index (χ3v) is 4.55. The van der Waals surface area contributed by atoms with Crippen LogP contribution in [-0.4, -0.2) is 26.9 Å². The van der Waals surface area contributed by atoms with Crippen molar-refractivity contribution in [3.8, 4) is 0 Å². The second-order valence-electron chi connectivity index (χ2n) is 4.43. The summed E-state index contributed by atoms with van der Waals surface area (Å²) in [6.07, 6.45) is 2.36. The van der Waals surface area contributed by atoms with Crippen LogP contribution in [-0.2, 0) is 11.2 Å². The average molecular weight is 279 g/mol. The number of carbonyl (C=O) groups excluding carboxylic acids is 1. The Balaban J connectivity index is 2.07. The summed E-state index contributed by atoms with van der Waals surface area (Å²) in [6, 6.07) is 10.5. The normalized spacial score (nSPS) is 19.3. The van der Waals surface area contributed by atoms with Crippen molar-refractivity contribution in [2.45, 2.75) is 32.2 Å². The molecule has 0 radical (unpaired) electrons. The lowest BCUT2D eigenvalue weighted by Crippen LogP contribution is -2.39. The summed E-state index contributed by atoms with van der Waals surface area (Å²) >= 11 is 6.92. The lowest BCUT2D eigenvalue weighted by Gasteiger charge is -2.23. The maximum Gasteiger partial charge on any atom is 0.228 e. The Morgan fingerprint density at radius 2 is 2.17 bits per heavy atom. The van der Waals surface area contributed by atoms with E-state index in [1.807, 2.05) is 30.0 Å². The molecule has 0 aromatic heterocycles. The van der Waals surface area contributed by atoms with Gasteiger partial charge in [-0.15, -0.1) is 0 Å². The van der Waals surface area contributed by atoms with Gasteiger partial charge in [0.25, 0.3) is 0 Å². The third-order valence-electron chi connectivity index (χ3n) is 3.01. The van der Waals surface area contributed by atoms with E-state index in [0.717, 1.165) is 22.9 Å². The zero-order valence-corrected chi connectivity index (χ0v) is 12.1. The topological polar surface area (TPSA) is 20.3 Å². The summed E-state index contributed by atoms with van der Waals surface area (Å²) in [5.41, 5.74) is 1.27. The number of hydrogen-bond acceptors (Lipinski definition) is 3. The monoisotopic (exact) mass is 279 g/mol. The minimum Gasteiger partial charge on any atom is -0.293 e. The van der Waals surface area contributed by atoms with Crippen molar-refractivity contribution in [2.24, 2.45) is 0 Å². The van der Waals surface area contributed by atoms with Gasteiger partial charge < -0.3 is 0 Å². The molecule has 4 heteroatoms. The Labute approximate surface area is 118 Å². The number of thioether (sulfide) groups is 1. The highest BCUT2D eigenvalue weighted by Gasteiger charge is 2.33. The predicted octanol–water partition coefficient (Wildman–Crippen LogP) is 3.26. The summed E-state index contributed by atoms with van der Waals surface area (Å²) in [6.45, 7) is 2.02. The Kier molecular flexibility index (Phi) is 4.78. The van der Waals surface area contributed by atoms with E-state index in [9.17, 15) is 4.79 Å². The molecule has 18 heavy (non-hydrogen) atoms. The zero-order chi connectivity index (χ0) is 13.0. The van der Waals surface area contributed by atoms with Crippen LogP contribution in [0.25, 0.3) is 0 Å². The molecule has 1 saturated heterocycles. The Bertz CT molecular complexity index is 433. The van der Waals surface area contributed by atoms with Crippen molar-refractivity contribution < 1.29 is 4.79 Å². The van der Waals surface area contributed by atoms with E-state index in [1.165, 1.54) is 5.56 Å². The Hall–Kier alpha value is -0.870. The molecule has 0 unspecified atom stereocenters. The summed E-state index contributed by atoms with van der Waals surface area (Å²) < 4.78 is 0.745. The second kappa shape index (κ2) is 6.34. The molecular formula is C14H17NOS2. The van der Waals surface area contributed by atoms with Crippen LogP contribution >= 0.6 is 24.0 Å². The first-order valence-electron chi connectivity index (χ1n) is 6.25. The minimum atomic E-state index is 0.174. The number of amides is 1. The van der Waals surface area contributed by atoms with Crippen molar-refractivity contribution in [2.75, 3.05) is 5.75 Å². The number of thiocarbonyl (C=S) groups is 1. The first-order chi connectivity index (χ1) is 8.72. The van der Waals surface area contributed by atoms with Gasteiger partial charge in [0, 0.05) is 12.2 Å². The van der Waals surface area contributed by atoms with Gasteiger partial charge in [-0.05, 0) is 18.4 Å². The van der Waals surface area contributed by atoms with E-state index in [4.69, 9.17) is 12.2 Å². The number of rotatable bonds is 4. The van der Waals surface area contributed by atoms with Gasteiger partial charge in [0.15, 0.2) is 0 Å². The molecule has 1 amide bonds. The average Bonchev–Trinajstić information content (AvgIpc) is 2.72. The summed E-state index contributed by atoms with van der Waals surface area (Å²) in [5.74, 6) is 1.09. The van der Waals surface area contributed by atoms with Crippen molar-refractivity contribution in [3.05, 3.63) is 35.9 Å². The number of benzene rings is 1. The van der Waals surface area contributed by atoms with Gasteiger partial charge in [0.2, 0.25) is 5.91 Å². The lowest BCUT2D eigenvalue weighted by molar-refractivity contribution is -0.128. The van der Waals surface area contributed by atoms with Gasteiger partial charge in [-0.1, -0.05) is 61.2 Å². The molecule has 96 valence electrons. The van der Waals surface area contributed by atoms with Gasteiger partial charge in [0.05, 0.1) is 6.04 Å². The van der Waals surface area contributed by atoms with Crippen LogP contribution in [0.1, 0.15) is 25.3 Å². The van der Waals surface area contributed by atoms with Crippen molar-refractivity contribution in [1.82, 2.24) is 4.90 Å². The largest absolute Gasteiger partial charge is 0.293 e. The van der Waals surface area contributed by atoms with Gasteiger partial charge in [-0.25, -0.2) is 0 Å². The molecule has 1 fully saturated rings. The molecule has 2 rings (SSSR count). The molecule has 0 saturated carbocycles. The highest BCUT2D eigenvalue weighted by atomic mass is 32.2.